The van der Waals surface area contributed by atoms with E-state index in [9.17, 15) is 18.8 Å². The molecule has 34 heavy (non-hydrogen) atoms. The maximum absolute atomic E-state index is 13.9. The van der Waals surface area contributed by atoms with Crippen LogP contribution in [0.25, 0.3) is 6.08 Å². The zero-order chi connectivity index (χ0) is 24.1. The molecule has 3 aromatic carbocycles. The third kappa shape index (κ3) is 5.52. The Balaban J connectivity index is 1.45. The highest BCUT2D eigenvalue weighted by Crippen LogP contribution is 2.34. The monoisotopic (exact) mass is 476 g/mol. The van der Waals surface area contributed by atoms with Gasteiger partial charge >= 0.3 is 0 Å². The van der Waals surface area contributed by atoms with Crippen molar-refractivity contribution in [2.75, 3.05) is 11.9 Å². The minimum absolute atomic E-state index is 0.0121. The molecule has 1 aliphatic heterocycles. The first-order valence-corrected chi connectivity index (χ1v) is 11.3. The van der Waals surface area contributed by atoms with E-state index in [1.807, 2.05) is 19.1 Å². The summed E-state index contributed by atoms with van der Waals surface area (Å²) >= 11 is 0.755. The summed E-state index contributed by atoms with van der Waals surface area (Å²) in [6, 6.07) is 20.5. The quantitative estimate of drug-likeness (QED) is 0.463. The highest BCUT2D eigenvalue weighted by atomic mass is 32.2. The Labute approximate surface area is 200 Å². The molecule has 0 aliphatic carbocycles. The highest BCUT2D eigenvalue weighted by Gasteiger charge is 2.36. The van der Waals surface area contributed by atoms with Gasteiger partial charge in [-0.2, -0.15) is 0 Å². The van der Waals surface area contributed by atoms with Gasteiger partial charge in [0.15, 0.2) is 0 Å². The third-order valence-corrected chi connectivity index (χ3v) is 5.96. The van der Waals surface area contributed by atoms with Gasteiger partial charge in [-0.25, -0.2) is 4.39 Å². The molecule has 172 valence electrons. The highest BCUT2D eigenvalue weighted by molar-refractivity contribution is 8.18. The fourth-order valence-electron chi connectivity index (χ4n) is 3.26. The Hall–Kier alpha value is -3.91. The second-order valence-corrected chi connectivity index (χ2v) is 8.59. The van der Waals surface area contributed by atoms with Crippen molar-refractivity contribution in [3.05, 3.63) is 100 Å². The molecule has 0 radical (unpaired) electrons. The number of nitrogens with one attached hydrogen (secondary N) is 1. The summed E-state index contributed by atoms with van der Waals surface area (Å²) in [6.07, 6.45) is 1.54. The lowest BCUT2D eigenvalue weighted by Gasteiger charge is -2.12. The number of amides is 3. The topological polar surface area (TPSA) is 75.7 Å². The normalized spacial score (nSPS) is 14.5. The Morgan fingerprint density at radius 3 is 2.50 bits per heavy atom. The number of carbonyl (C=O) groups is 3. The molecular weight excluding hydrogens is 455 g/mol. The van der Waals surface area contributed by atoms with Gasteiger partial charge in [0, 0.05) is 16.8 Å². The first-order valence-electron chi connectivity index (χ1n) is 10.5. The largest absolute Gasteiger partial charge is 0.488 e. The SMILES string of the molecule is Cc1ccc(NC(=O)CN2C(=O)SC(=Cc3ccccc3OCc3ccccc3F)C2=O)cc1. The average molecular weight is 477 g/mol. The Kier molecular flexibility index (Phi) is 7.08. The number of carbonyl (C=O) groups excluding carboxylic acids is 3. The molecule has 0 saturated carbocycles. The molecule has 3 amide bonds. The number of para-hydroxylation sites is 1. The zero-order valence-electron chi connectivity index (χ0n) is 18.3. The van der Waals surface area contributed by atoms with Gasteiger partial charge in [0.05, 0.1) is 4.91 Å². The molecule has 1 aliphatic rings. The molecule has 0 atom stereocenters. The van der Waals surface area contributed by atoms with E-state index in [2.05, 4.69) is 5.32 Å². The van der Waals surface area contributed by atoms with Crippen molar-refractivity contribution in [1.82, 2.24) is 4.90 Å². The third-order valence-electron chi connectivity index (χ3n) is 5.06. The van der Waals surface area contributed by atoms with E-state index in [4.69, 9.17) is 4.74 Å². The van der Waals surface area contributed by atoms with Crippen LogP contribution in [0.5, 0.6) is 5.75 Å². The summed E-state index contributed by atoms with van der Waals surface area (Å²) in [7, 11) is 0. The summed E-state index contributed by atoms with van der Waals surface area (Å²) < 4.78 is 19.7. The number of hydrogen-bond donors (Lipinski definition) is 1. The van der Waals surface area contributed by atoms with Crippen LogP contribution in [-0.4, -0.2) is 28.5 Å². The fraction of sp³-hybridized carbons (Fsp3) is 0.115. The number of rotatable bonds is 7. The lowest BCUT2D eigenvalue weighted by atomic mass is 10.1. The van der Waals surface area contributed by atoms with Crippen LogP contribution in [0.2, 0.25) is 0 Å². The van der Waals surface area contributed by atoms with Gasteiger partial charge in [-0.3, -0.25) is 19.3 Å². The van der Waals surface area contributed by atoms with Gasteiger partial charge < -0.3 is 10.1 Å². The summed E-state index contributed by atoms with van der Waals surface area (Å²) in [5.74, 6) is -0.960. The molecule has 0 aromatic heterocycles. The minimum Gasteiger partial charge on any atom is -0.488 e. The predicted octanol–water partition coefficient (Wildman–Crippen LogP) is 5.39. The number of aryl methyl sites for hydroxylation is 1. The lowest BCUT2D eigenvalue weighted by molar-refractivity contribution is -0.127. The molecule has 4 rings (SSSR count). The van der Waals surface area contributed by atoms with E-state index >= 15 is 0 Å². The Morgan fingerprint density at radius 1 is 1.03 bits per heavy atom. The van der Waals surface area contributed by atoms with Crippen molar-refractivity contribution in [3.8, 4) is 5.75 Å². The zero-order valence-corrected chi connectivity index (χ0v) is 19.1. The van der Waals surface area contributed by atoms with Crippen molar-refractivity contribution in [2.45, 2.75) is 13.5 Å². The van der Waals surface area contributed by atoms with E-state index in [1.165, 1.54) is 6.07 Å². The fourth-order valence-corrected chi connectivity index (χ4v) is 4.09. The van der Waals surface area contributed by atoms with Crippen LogP contribution >= 0.6 is 11.8 Å². The first kappa shape index (κ1) is 23.3. The van der Waals surface area contributed by atoms with E-state index in [0.717, 1.165) is 22.2 Å². The van der Waals surface area contributed by atoms with Crippen LogP contribution in [0.1, 0.15) is 16.7 Å². The molecular formula is C26H21FN2O4S. The van der Waals surface area contributed by atoms with E-state index in [0.29, 0.717) is 22.6 Å². The second kappa shape index (κ2) is 10.4. The molecule has 3 aromatic rings. The number of ether oxygens (including phenoxy) is 1. The molecule has 0 spiro atoms. The lowest BCUT2D eigenvalue weighted by Crippen LogP contribution is -2.36. The van der Waals surface area contributed by atoms with Gasteiger partial charge in [0.25, 0.3) is 11.1 Å². The minimum atomic E-state index is -0.557. The summed E-state index contributed by atoms with van der Waals surface area (Å²) in [5.41, 5.74) is 2.59. The molecule has 0 unspecified atom stereocenters. The summed E-state index contributed by atoms with van der Waals surface area (Å²) in [4.78, 5) is 38.7. The van der Waals surface area contributed by atoms with Gasteiger partial charge in [-0.15, -0.1) is 0 Å². The number of anilines is 1. The maximum Gasteiger partial charge on any atom is 0.294 e. The number of imide groups is 1. The summed E-state index contributed by atoms with van der Waals surface area (Å²) in [6.45, 7) is 1.56. The molecule has 1 fully saturated rings. The number of thioether (sulfide) groups is 1. The van der Waals surface area contributed by atoms with E-state index in [-0.39, 0.29) is 23.9 Å². The van der Waals surface area contributed by atoms with Gasteiger partial charge in [-0.1, -0.05) is 54.1 Å². The molecule has 8 heteroatoms. The van der Waals surface area contributed by atoms with E-state index < -0.39 is 17.1 Å². The van der Waals surface area contributed by atoms with Crippen LogP contribution in [0, 0.1) is 12.7 Å². The van der Waals surface area contributed by atoms with Crippen LogP contribution < -0.4 is 10.1 Å². The van der Waals surface area contributed by atoms with Gasteiger partial charge in [0.1, 0.15) is 24.7 Å². The molecule has 1 heterocycles. The van der Waals surface area contributed by atoms with Crippen molar-refractivity contribution < 1.29 is 23.5 Å². The number of halogens is 1. The van der Waals surface area contributed by atoms with Crippen LogP contribution in [0.4, 0.5) is 14.9 Å². The Morgan fingerprint density at radius 2 is 1.74 bits per heavy atom. The van der Waals surface area contributed by atoms with Gasteiger partial charge in [-0.05, 0) is 49.0 Å². The smallest absolute Gasteiger partial charge is 0.294 e. The Bertz CT molecular complexity index is 1270. The standard InChI is InChI=1S/C26H21FN2O4S/c1-17-10-12-20(13-11-17)28-24(30)15-29-25(31)23(34-26(29)32)14-18-6-3-5-9-22(18)33-16-19-7-2-4-8-21(19)27/h2-14H,15-16H2,1H3,(H,28,30). The number of hydrogen-bond acceptors (Lipinski definition) is 5. The molecule has 6 nitrogen and oxygen atoms in total. The van der Waals surface area contributed by atoms with Gasteiger partial charge in [0.2, 0.25) is 5.91 Å². The molecule has 1 saturated heterocycles. The summed E-state index contributed by atoms with van der Waals surface area (Å²) in [5, 5.41) is 2.16. The van der Waals surface area contributed by atoms with Crippen molar-refractivity contribution >= 4 is 40.6 Å². The predicted molar refractivity (Wildman–Crippen MR) is 130 cm³/mol. The van der Waals surface area contributed by atoms with Crippen molar-refractivity contribution in [2.24, 2.45) is 0 Å². The average Bonchev–Trinajstić information content (AvgIpc) is 3.08. The van der Waals surface area contributed by atoms with E-state index in [1.54, 1.807) is 60.7 Å². The van der Waals surface area contributed by atoms with Crippen LogP contribution in [0.15, 0.2) is 77.7 Å². The second-order valence-electron chi connectivity index (χ2n) is 7.60. The van der Waals surface area contributed by atoms with Crippen LogP contribution in [0.3, 0.4) is 0 Å². The maximum atomic E-state index is 13.9. The van der Waals surface area contributed by atoms with Crippen molar-refractivity contribution in [3.63, 3.8) is 0 Å². The van der Waals surface area contributed by atoms with Crippen molar-refractivity contribution in [1.29, 1.82) is 0 Å². The number of nitrogens with zero attached hydrogens (tertiary/aromatic N) is 1. The molecule has 1 N–H and O–H groups in total. The molecule has 0 bridgehead atoms. The number of benzene rings is 3. The first-order chi connectivity index (χ1) is 16.4. The van der Waals surface area contributed by atoms with Crippen LogP contribution in [-0.2, 0) is 16.2 Å².